The Morgan fingerprint density at radius 1 is 1.27 bits per heavy atom. The number of rotatable bonds is 7. The lowest BCUT2D eigenvalue weighted by atomic mass is 10.0. The van der Waals surface area contributed by atoms with E-state index in [4.69, 9.17) is 0 Å². The van der Waals surface area contributed by atoms with Gasteiger partial charge in [0.2, 0.25) is 5.91 Å². The molecule has 3 heteroatoms. The molecule has 0 saturated heterocycles. The van der Waals surface area contributed by atoms with E-state index in [0.717, 1.165) is 13.0 Å². The average molecular weight is 214 g/mol. The maximum atomic E-state index is 11.5. The monoisotopic (exact) mass is 214 g/mol. The molecule has 0 aliphatic heterocycles. The minimum absolute atomic E-state index is 0.135. The molecule has 1 N–H and O–H groups in total. The summed E-state index contributed by atoms with van der Waals surface area (Å²) in [5.74, 6) is 0.846. The first-order chi connectivity index (χ1) is 6.95. The van der Waals surface area contributed by atoms with Gasteiger partial charge >= 0.3 is 0 Å². The first kappa shape index (κ1) is 14.4. The highest BCUT2D eigenvalue weighted by atomic mass is 16.2. The molecule has 0 heterocycles. The molecular formula is C12H26N2O. The number of nitrogens with one attached hydrogen (secondary N) is 1. The fourth-order valence-corrected chi connectivity index (χ4v) is 1.33. The van der Waals surface area contributed by atoms with Crippen LogP contribution in [-0.2, 0) is 4.79 Å². The van der Waals surface area contributed by atoms with E-state index < -0.39 is 0 Å². The lowest BCUT2D eigenvalue weighted by Crippen LogP contribution is -2.39. The first-order valence-electron chi connectivity index (χ1n) is 5.93. The van der Waals surface area contributed by atoms with Crippen molar-refractivity contribution in [1.29, 1.82) is 0 Å². The number of nitrogens with zero attached hydrogens (tertiary/aromatic N) is 1. The van der Waals surface area contributed by atoms with Gasteiger partial charge in [0.1, 0.15) is 0 Å². The van der Waals surface area contributed by atoms with E-state index >= 15 is 0 Å². The summed E-state index contributed by atoms with van der Waals surface area (Å²) in [6, 6.07) is 0.296. The molecule has 1 amide bonds. The van der Waals surface area contributed by atoms with Gasteiger partial charge in [-0.2, -0.15) is 0 Å². The molecule has 0 saturated carbocycles. The van der Waals surface area contributed by atoms with Crippen LogP contribution in [0.4, 0.5) is 0 Å². The Labute approximate surface area is 94.2 Å². The van der Waals surface area contributed by atoms with Gasteiger partial charge in [0.05, 0.1) is 6.54 Å². The molecule has 0 spiro atoms. The molecule has 0 radical (unpaired) electrons. The first-order valence-corrected chi connectivity index (χ1v) is 5.93. The summed E-state index contributed by atoms with van der Waals surface area (Å²) in [6.07, 6.45) is 2.24. The molecule has 0 fully saturated rings. The maximum absolute atomic E-state index is 11.5. The normalized spacial score (nSPS) is 13.3. The SMILES string of the molecule is CCN(C)CC(=O)N[C@@H](C)CCC(C)C. The van der Waals surface area contributed by atoms with Crippen molar-refractivity contribution in [3.8, 4) is 0 Å². The second kappa shape index (κ2) is 7.69. The number of carbonyl (C=O) groups excluding carboxylic acids is 1. The molecule has 0 aliphatic rings. The third-order valence-corrected chi connectivity index (χ3v) is 2.54. The largest absolute Gasteiger partial charge is 0.353 e. The highest BCUT2D eigenvalue weighted by Crippen LogP contribution is 2.06. The Bertz CT molecular complexity index is 180. The molecule has 3 nitrogen and oxygen atoms in total. The van der Waals surface area contributed by atoms with Crippen LogP contribution in [0.2, 0.25) is 0 Å². The highest BCUT2D eigenvalue weighted by Gasteiger charge is 2.09. The summed E-state index contributed by atoms with van der Waals surface area (Å²) < 4.78 is 0. The number of hydrogen-bond acceptors (Lipinski definition) is 2. The van der Waals surface area contributed by atoms with Crippen molar-refractivity contribution >= 4 is 5.91 Å². The smallest absolute Gasteiger partial charge is 0.234 e. The van der Waals surface area contributed by atoms with E-state index in [1.54, 1.807) is 0 Å². The second-order valence-electron chi connectivity index (χ2n) is 4.77. The van der Waals surface area contributed by atoms with Gasteiger partial charge in [-0.3, -0.25) is 9.69 Å². The Morgan fingerprint density at radius 3 is 2.33 bits per heavy atom. The van der Waals surface area contributed by atoms with E-state index in [1.807, 2.05) is 11.9 Å². The molecular weight excluding hydrogens is 188 g/mol. The van der Waals surface area contributed by atoms with Crippen LogP contribution in [-0.4, -0.2) is 37.0 Å². The zero-order valence-electron chi connectivity index (χ0n) is 10.8. The quantitative estimate of drug-likeness (QED) is 0.702. The number of hydrogen-bond donors (Lipinski definition) is 1. The molecule has 0 unspecified atom stereocenters. The second-order valence-corrected chi connectivity index (χ2v) is 4.77. The topological polar surface area (TPSA) is 32.3 Å². The third kappa shape index (κ3) is 8.43. The van der Waals surface area contributed by atoms with Crippen molar-refractivity contribution in [3.05, 3.63) is 0 Å². The van der Waals surface area contributed by atoms with E-state index in [9.17, 15) is 4.79 Å². The summed E-state index contributed by atoms with van der Waals surface area (Å²) >= 11 is 0. The van der Waals surface area contributed by atoms with Crippen LogP contribution in [0.25, 0.3) is 0 Å². The van der Waals surface area contributed by atoms with Crippen molar-refractivity contribution in [2.24, 2.45) is 5.92 Å². The fraction of sp³-hybridized carbons (Fsp3) is 0.917. The molecule has 0 aromatic carbocycles. The molecule has 0 aliphatic carbocycles. The lowest BCUT2D eigenvalue weighted by Gasteiger charge is -2.18. The predicted octanol–water partition coefficient (Wildman–Crippen LogP) is 1.88. The Kier molecular flexibility index (Phi) is 7.39. The van der Waals surface area contributed by atoms with Gasteiger partial charge in [-0.05, 0) is 39.3 Å². The minimum atomic E-state index is 0.135. The molecule has 0 aromatic heterocycles. The summed E-state index contributed by atoms with van der Waals surface area (Å²) in [5, 5.41) is 3.02. The van der Waals surface area contributed by atoms with Gasteiger partial charge in [-0.15, -0.1) is 0 Å². The molecule has 0 aromatic rings. The van der Waals surface area contributed by atoms with E-state index in [-0.39, 0.29) is 5.91 Å². The summed E-state index contributed by atoms with van der Waals surface area (Å²) in [6.45, 7) is 9.96. The Balaban J connectivity index is 3.66. The molecule has 0 rings (SSSR count). The Hall–Kier alpha value is -0.570. The number of likely N-dealkylation sites (N-methyl/N-ethyl adjacent to an activating group) is 1. The standard InChI is InChI=1S/C12H26N2O/c1-6-14(5)9-12(15)13-11(4)8-7-10(2)3/h10-11H,6-9H2,1-5H3,(H,13,15)/t11-/m0/s1. The van der Waals surface area contributed by atoms with Crippen molar-refractivity contribution < 1.29 is 4.79 Å². The van der Waals surface area contributed by atoms with Gasteiger partial charge < -0.3 is 5.32 Å². The zero-order chi connectivity index (χ0) is 11.8. The van der Waals surface area contributed by atoms with Crippen LogP contribution in [0.5, 0.6) is 0 Å². The van der Waals surface area contributed by atoms with Crippen molar-refractivity contribution in [2.75, 3.05) is 20.1 Å². The van der Waals surface area contributed by atoms with Crippen LogP contribution in [0.15, 0.2) is 0 Å². The van der Waals surface area contributed by atoms with Crippen LogP contribution in [0.3, 0.4) is 0 Å². The Morgan fingerprint density at radius 2 is 1.87 bits per heavy atom. The number of carbonyl (C=O) groups is 1. The average Bonchev–Trinajstić information content (AvgIpc) is 2.14. The van der Waals surface area contributed by atoms with Gasteiger partial charge in [-0.25, -0.2) is 0 Å². The lowest BCUT2D eigenvalue weighted by molar-refractivity contribution is -0.122. The fourth-order valence-electron chi connectivity index (χ4n) is 1.33. The summed E-state index contributed by atoms with van der Waals surface area (Å²) in [5.41, 5.74) is 0. The minimum Gasteiger partial charge on any atom is -0.353 e. The third-order valence-electron chi connectivity index (χ3n) is 2.54. The van der Waals surface area contributed by atoms with Crippen LogP contribution in [0.1, 0.15) is 40.5 Å². The summed E-state index contributed by atoms with van der Waals surface area (Å²) in [7, 11) is 1.96. The van der Waals surface area contributed by atoms with E-state index in [2.05, 4.69) is 33.0 Å². The predicted molar refractivity (Wildman–Crippen MR) is 64.8 cm³/mol. The van der Waals surface area contributed by atoms with Crippen molar-refractivity contribution in [1.82, 2.24) is 10.2 Å². The van der Waals surface area contributed by atoms with Gasteiger partial charge in [0.15, 0.2) is 0 Å². The molecule has 0 bridgehead atoms. The number of amides is 1. The highest BCUT2D eigenvalue weighted by molar-refractivity contribution is 5.78. The van der Waals surface area contributed by atoms with Crippen LogP contribution >= 0.6 is 0 Å². The molecule has 1 atom stereocenters. The van der Waals surface area contributed by atoms with Crippen LogP contribution in [0, 0.1) is 5.92 Å². The maximum Gasteiger partial charge on any atom is 0.234 e. The van der Waals surface area contributed by atoms with Gasteiger partial charge in [0, 0.05) is 6.04 Å². The van der Waals surface area contributed by atoms with Crippen molar-refractivity contribution in [2.45, 2.75) is 46.6 Å². The molecule has 15 heavy (non-hydrogen) atoms. The van der Waals surface area contributed by atoms with Crippen molar-refractivity contribution in [3.63, 3.8) is 0 Å². The van der Waals surface area contributed by atoms with E-state index in [0.29, 0.717) is 18.5 Å². The van der Waals surface area contributed by atoms with Gasteiger partial charge in [0.25, 0.3) is 0 Å². The molecule has 90 valence electrons. The zero-order valence-corrected chi connectivity index (χ0v) is 10.8. The van der Waals surface area contributed by atoms with Gasteiger partial charge in [-0.1, -0.05) is 20.8 Å². The van der Waals surface area contributed by atoms with Crippen LogP contribution < -0.4 is 5.32 Å². The summed E-state index contributed by atoms with van der Waals surface area (Å²) in [4.78, 5) is 13.5. The van der Waals surface area contributed by atoms with E-state index in [1.165, 1.54) is 6.42 Å².